The number of nitriles is 1. The van der Waals surface area contributed by atoms with Crippen LogP contribution in [0.4, 0.5) is 5.69 Å². The Morgan fingerprint density at radius 3 is 2.96 bits per heavy atom. The van der Waals surface area contributed by atoms with Gasteiger partial charge in [0.1, 0.15) is 12.4 Å². The number of fused-ring (bicyclic) bond motifs is 1. The van der Waals surface area contributed by atoms with Crippen LogP contribution >= 0.6 is 11.6 Å². The zero-order valence-corrected chi connectivity index (χ0v) is 15.4. The van der Waals surface area contributed by atoms with Crippen molar-refractivity contribution in [3.63, 3.8) is 0 Å². The highest BCUT2D eigenvalue weighted by atomic mass is 35.5. The van der Waals surface area contributed by atoms with E-state index in [0.29, 0.717) is 23.3 Å². The van der Waals surface area contributed by atoms with E-state index in [1.807, 2.05) is 49.5 Å². The lowest BCUT2D eigenvalue weighted by Gasteiger charge is -2.14. The standard InChI is InChI=1S/C20H18ClN5O/c1-14(12-27-17-6-3-5-16(21)10-17)25-20(24-13-22)26-19-7-2-4-15-11-23-9-8-18(15)19/h2-11,14H,12H2,1H3,(H2,24,25,26)/t14-/m0/s1. The molecule has 1 heterocycles. The molecule has 6 nitrogen and oxygen atoms in total. The molecule has 2 aromatic carbocycles. The average molecular weight is 380 g/mol. The summed E-state index contributed by atoms with van der Waals surface area (Å²) in [5.41, 5.74) is 0.833. The van der Waals surface area contributed by atoms with Crippen molar-refractivity contribution < 1.29 is 4.74 Å². The normalized spacial score (nSPS) is 12.3. The van der Waals surface area contributed by atoms with Gasteiger partial charge in [0.2, 0.25) is 5.96 Å². The molecule has 0 fully saturated rings. The number of pyridine rings is 1. The summed E-state index contributed by atoms with van der Waals surface area (Å²) in [4.78, 5) is 8.63. The fourth-order valence-electron chi connectivity index (χ4n) is 2.54. The van der Waals surface area contributed by atoms with Crippen molar-refractivity contribution in [3.05, 3.63) is 65.9 Å². The summed E-state index contributed by atoms with van der Waals surface area (Å²) in [7, 11) is 0. The molecule has 0 radical (unpaired) electrons. The molecule has 0 amide bonds. The first-order valence-electron chi connectivity index (χ1n) is 8.37. The van der Waals surface area contributed by atoms with Gasteiger partial charge in [-0.3, -0.25) is 10.3 Å². The molecular formula is C20H18ClN5O. The monoisotopic (exact) mass is 379 g/mol. The summed E-state index contributed by atoms with van der Waals surface area (Å²) in [6.07, 6.45) is 5.42. The Morgan fingerprint density at radius 2 is 2.15 bits per heavy atom. The predicted octanol–water partition coefficient (Wildman–Crippen LogP) is 4.19. The second-order valence-electron chi connectivity index (χ2n) is 5.86. The van der Waals surface area contributed by atoms with Gasteiger partial charge in [-0.05, 0) is 37.3 Å². The van der Waals surface area contributed by atoms with Crippen LogP contribution in [-0.2, 0) is 0 Å². The van der Waals surface area contributed by atoms with Gasteiger partial charge >= 0.3 is 0 Å². The largest absolute Gasteiger partial charge is 0.491 e. The van der Waals surface area contributed by atoms with Gasteiger partial charge in [0.25, 0.3) is 0 Å². The Balaban J connectivity index is 1.73. The van der Waals surface area contributed by atoms with E-state index in [1.165, 1.54) is 0 Å². The number of halogens is 1. The highest BCUT2D eigenvalue weighted by Gasteiger charge is 2.08. The van der Waals surface area contributed by atoms with Crippen LogP contribution in [0.1, 0.15) is 6.92 Å². The zero-order valence-electron chi connectivity index (χ0n) is 14.7. The third-order valence-electron chi connectivity index (χ3n) is 3.74. The van der Waals surface area contributed by atoms with Crippen molar-refractivity contribution in [2.45, 2.75) is 13.0 Å². The number of aliphatic imine (C=N–C) groups is 1. The number of ether oxygens (including phenoxy) is 1. The number of nitrogens with one attached hydrogen (secondary N) is 2. The fraction of sp³-hybridized carbons (Fsp3) is 0.150. The summed E-state index contributed by atoms with van der Waals surface area (Å²) in [6.45, 7) is 2.25. The van der Waals surface area contributed by atoms with Gasteiger partial charge in [0.15, 0.2) is 6.19 Å². The number of aromatic nitrogens is 1. The highest BCUT2D eigenvalue weighted by molar-refractivity contribution is 6.30. The molecule has 0 aliphatic rings. The maximum atomic E-state index is 9.04. The number of nitrogens with zero attached hydrogens (tertiary/aromatic N) is 3. The molecule has 1 aromatic heterocycles. The molecule has 0 spiro atoms. The lowest BCUT2D eigenvalue weighted by molar-refractivity contribution is 0.297. The van der Waals surface area contributed by atoms with Crippen molar-refractivity contribution in [1.82, 2.24) is 10.3 Å². The van der Waals surface area contributed by atoms with E-state index in [1.54, 1.807) is 24.5 Å². The van der Waals surface area contributed by atoms with E-state index >= 15 is 0 Å². The number of benzene rings is 2. The molecule has 0 saturated carbocycles. The summed E-state index contributed by atoms with van der Waals surface area (Å²) in [5.74, 6) is 1.03. The summed E-state index contributed by atoms with van der Waals surface area (Å²) >= 11 is 5.96. The Morgan fingerprint density at radius 1 is 1.30 bits per heavy atom. The maximum absolute atomic E-state index is 9.04. The molecule has 0 unspecified atom stereocenters. The van der Waals surface area contributed by atoms with Gasteiger partial charge in [-0.1, -0.05) is 29.8 Å². The molecule has 3 aromatic rings. The molecule has 3 rings (SSSR count). The lowest BCUT2D eigenvalue weighted by atomic mass is 10.1. The van der Waals surface area contributed by atoms with Gasteiger partial charge in [0.05, 0.1) is 6.04 Å². The van der Waals surface area contributed by atoms with Gasteiger partial charge in [-0.15, -0.1) is 0 Å². The van der Waals surface area contributed by atoms with Gasteiger partial charge in [-0.25, -0.2) is 4.99 Å². The van der Waals surface area contributed by atoms with Crippen LogP contribution in [0.5, 0.6) is 5.75 Å². The van der Waals surface area contributed by atoms with E-state index in [4.69, 9.17) is 21.6 Å². The van der Waals surface area contributed by atoms with E-state index in [-0.39, 0.29) is 6.04 Å². The third-order valence-corrected chi connectivity index (χ3v) is 3.98. The van der Waals surface area contributed by atoms with Crippen LogP contribution in [0, 0.1) is 11.5 Å². The molecule has 0 aliphatic heterocycles. The van der Waals surface area contributed by atoms with Crippen molar-refractivity contribution >= 4 is 34.0 Å². The molecule has 27 heavy (non-hydrogen) atoms. The second-order valence-corrected chi connectivity index (χ2v) is 6.30. The van der Waals surface area contributed by atoms with Crippen LogP contribution in [0.3, 0.4) is 0 Å². The van der Waals surface area contributed by atoms with Crippen LogP contribution in [0.2, 0.25) is 5.02 Å². The molecule has 0 bridgehead atoms. The Kier molecular flexibility index (Phi) is 6.08. The first-order valence-corrected chi connectivity index (χ1v) is 8.74. The van der Waals surface area contributed by atoms with Crippen LogP contribution < -0.4 is 15.4 Å². The smallest absolute Gasteiger partial charge is 0.209 e. The molecule has 0 aliphatic carbocycles. The second kappa shape index (κ2) is 8.88. The van der Waals surface area contributed by atoms with Crippen LogP contribution in [-0.4, -0.2) is 23.6 Å². The average Bonchev–Trinajstić information content (AvgIpc) is 2.67. The molecule has 7 heteroatoms. The summed E-state index contributed by atoms with van der Waals surface area (Å²) in [5, 5.41) is 17.4. The number of hydrogen-bond acceptors (Lipinski definition) is 4. The van der Waals surface area contributed by atoms with Crippen molar-refractivity contribution in [2.75, 3.05) is 11.9 Å². The minimum Gasteiger partial charge on any atom is -0.491 e. The minimum absolute atomic E-state index is 0.191. The van der Waals surface area contributed by atoms with Crippen LogP contribution in [0.15, 0.2) is 65.9 Å². The summed E-state index contributed by atoms with van der Waals surface area (Å²) < 4.78 is 5.71. The maximum Gasteiger partial charge on any atom is 0.209 e. The first-order chi connectivity index (χ1) is 13.2. The van der Waals surface area contributed by atoms with Crippen molar-refractivity contribution in [1.29, 1.82) is 5.26 Å². The van der Waals surface area contributed by atoms with Gasteiger partial charge in [0, 0.05) is 33.9 Å². The molecule has 0 saturated heterocycles. The number of hydrogen-bond donors (Lipinski definition) is 2. The van der Waals surface area contributed by atoms with E-state index in [0.717, 1.165) is 16.5 Å². The SMILES string of the molecule is C[C@@H](COc1cccc(Cl)c1)N=C(NC#N)Nc1cccc2cnccc12. The topological polar surface area (TPSA) is 82.3 Å². The summed E-state index contributed by atoms with van der Waals surface area (Å²) in [6, 6.07) is 14.7. The Labute approximate surface area is 162 Å². The minimum atomic E-state index is -0.191. The molecule has 2 N–H and O–H groups in total. The Hall–Kier alpha value is -3.30. The van der Waals surface area contributed by atoms with E-state index < -0.39 is 0 Å². The number of anilines is 1. The molecule has 1 atom stereocenters. The highest BCUT2D eigenvalue weighted by Crippen LogP contribution is 2.22. The van der Waals surface area contributed by atoms with Crippen LogP contribution in [0.25, 0.3) is 10.8 Å². The fourth-order valence-corrected chi connectivity index (χ4v) is 2.72. The molecule has 136 valence electrons. The van der Waals surface area contributed by atoms with E-state index in [9.17, 15) is 0 Å². The van der Waals surface area contributed by atoms with Crippen molar-refractivity contribution in [2.24, 2.45) is 4.99 Å². The number of rotatable bonds is 5. The third kappa shape index (κ3) is 5.09. The van der Waals surface area contributed by atoms with Gasteiger partial charge < -0.3 is 10.1 Å². The lowest BCUT2D eigenvalue weighted by Crippen LogP contribution is -2.29. The Bertz CT molecular complexity index is 994. The quantitative estimate of drug-likeness (QED) is 0.300. The first kappa shape index (κ1) is 18.5. The molecular weight excluding hydrogens is 362 g/mol. The number of guanidine groups is 1. The van der Waals surface area contributed by atoms with Gasteiger partial charge in [-0.2, -0.15) is 5.26 Å². The predicted molar refractivity (Wildman–Crippen MR) is 108 cm³/mol. The zero-order chi connectivity index (χ0) is 19.1. The van der Waals surface area contributed by atoms with Crippen molar-refractivity contribution in [3.8, 4) is 11.9 Å². The van der Waals surface area contributed by atoms with E-state index in [2.05, 4.69) is 20.6 Å².